The molecule has 1 saturated carbocycles. The monoisotopic (exact) mass is 309 g/mol. The molecule has 0 aliphatic heterocycles. The summed E-state index contributed by atoms with van der Waals surface area (Å²) in [6, 6.07) is 4.16. The van der Waals surface area contributed by atoms with Crippen LogP contribution in [0.5, 0.6) is 0 Å². The third-order valence-corrected chi connectivity index (χ3v) is 5.31. The maximum Gasteiger partial charge on any atom is 0.310 e. The lowest BCUT2D eigenvalue weighted by atomic mass is 9.66. The molecule has 1 aromatic heterocycles. The Morgan fingerprint density at radius 2 is 2.05 bits per heavy atom. The zero-order valence-electron chi connectivity index (χ0n) is 12.9. The van der Waals surface area contributed by atoms with Gasteiger partial charge in [0.05, 0.1) is 12.0 Å². The van der Waals surface area contributed by atoms with E-state index in [9.17, 15) is 14.7 Å². The first-order valence-corrected chi connectivity index (χ1v) is 8.24. The average molecular weight is 309 g/mol. The van der Waals surface area contributed by atoms with Crippen LogP contribution in [0.3, 0.4) is 0 Å². The number of carbonyl (C=O) groups is 2. The number of aryl methyl sites for hydroxylation is 1. The van der Waals surface area contributed by atoms with Gasteiger partial charge in [-0.05, 0) is 45.7 Å². The Hall–Kier alpha value is -1.36. The molecular formula is C16H23NO3S. The van der Waals surface area contributed by atoms with E-state index >= 15 is 0 Å². The molecule has 21 heavy (non-hydrogen) atoms. The van der Waals surface area contributed by atoms with Crippen LogP contribution in [0.1, 0.15) is 49.3 Å². The van der Waals surface area contributed by atoms with Gasteiger partial charge < -0.3 is 10.0 Å². The molecule has 4 nitrogen and oxygen atoms in total. The molecule has 0 bridgehead atoms. The molecule has 0 aromatic carbocycles. The molecule has 1 fully saturated rings. The molecule has 0 spiro atoms. The molecule has 1 aliphatic rings. The maximum absolute atomic E-state index is 12.6. The second-order valence-electron chi connectivity index (χ2n) is 6.24. The Labute approximate surface area is 129 Å². The van der Waals surface area contributed by atoms with Gasteiger partial charge in [-0.2, -0.15) is 0 Å². The van der Waals surface area contributed by atoms with E-state index in [-0.39, 0.29) is 18.4 Å². The van der Waals surface area contributed by atoms with E-state index in [0.29, 0.717) is 19.4 Å². The number of thiophene rings is 1. The van der Waals surface area contributed by atoms with Crippen molar-refractivity contribution >= 4 is 23.2 Å². The van der Waals surface area contributed by atoms with Crippen molar-refractivity contribution in [1.82, 2.24) is 4.90 Å². The lowest BCUT2D eigenvalue weighted by Gasteiger charge is -2.39. The van der Waals surface area contributed by atoms with Gasteiger partial charge in [0.2, 0.25) is 5.91 Å². The number of hydrogen-bond acceptors (Lipinski definition) is 3. The van der Waals surface area contributed by atoms with Crippen molar-refractivity contribution in [1.29, 1.82) is 0 Å². The quantitative estimate of drug-likeness (QED) is 0.875. The molecule has 0 radical (unpaired) electrons. The van der Waals surface area contributed by atoms with Crippen molar-refractivity contribution in [2.24, 2.45) is 5.41 Å². The van der Waals surface area contributed by atoms with Gasteiger partial charge in [-0.15, -0.1) is 11.3 Å². The molecule has 1 heterocycles. The molecular weight excluding hydrogens is 286 g/mol. The summed E-state index contributed by atoms with van der Waals surface area (Å²) in [6.07, 6.45) is 2.28. The van der Waals surface area contributed by atoms with Gasteiger partial charge in [0.15, 0.2) is 0 Å². The number of aliphatic carboxylic acids is 1. The number of carboxylic acids is 1. The Kier molecular flexibility index (Phi) is 4.71. The SMILES string of the molecule is Cc1ccc(CN(C(=O)CC2(C(=O)O)CCC2)C(C)C)s1. The van der Waals surface area contributed by atoms with Crippen molar-refractivity contribution < 1.29 is 14.7 Å². The summed E-state index contributed by atoms with van der Waals surface area (Å²) in [7, 11) is 0. The smallest absolute Gasteiger partial charge is 0.310 e. The molecule has 0 saturated heterocycles. The first-order chi connectivity index (χ1) is 9.84. The molecule has 0 unspecified atom stereocenters. The summed E-state index contributed by atoms with van der Waals surface area (Å²) in [6.45, 7) is 6.58. The standard InChI is InChI=1S/C16H23NO3S/c1-11(2)17(10-13-6-5-12(3)21-13)14(18)9-16(15(19)20)7-4-8-16/h5-6,11H,4,7-10H2,1-3H3,(H,19,20). The number of amides is 1. The van der Waals surface area contributed by atoms with Crippen LogP contribution in [0, 0.1) is 12.3 Å². The first kappa shape index (κ1) is 16.0. The van der Waals surface area contributed by atoms with Gasteiger partial charge in [0.1, 0.15) is 0 Å². The summed E-state index contributed by atoms with van der Waals surface area (Å²) in [5, 5.41) is 9.38. The summed E-state index contributed by atoms with van der Waals surface area (Å²) < 4.78 is 0. The van der Waals surface area contributed by atoms with Gasteiger partial charge in [-0.25, -0.2) is 0 Å². The third-order valence-electron chi connectivity index (χ3n) is 4.32. The van der Waals surface area contributed by atoms with Gasteiger partial charge in [0, 0.05) is 22.2 Å². The predicted octanol–water partition coefficient (Wildman–Crippen LogP) is 3.44. The number of hydrogen-bond donors (Lipinski definition) is 1. The number of carbonyl (C=O) groups excluding carboxylic acids is 1. The highest BCUT2D eigenvalue weighted by molar-refractivity contribution is 7.11. The fraction of sp³-hybridized carbons (Fsp3) is 0.625. The van der Waals surface area contributed by atoms with Gasteiger partial charge >= 0.3 is 5.97 Å². The van der Waals surface area contributed by atoms with Crippen LogP contribution in [0.15, 0.2) is 12.1 Å². The zero-order valence-corrected chi connectivity index (χ0v) is 13.7. The van der Waals surface area contributed by atoms with Gasteiger partial charge in [-0.3, -0.25) is 9.59 Å². The number of carboxylic acid groups (broad SMARTS) is 1. The van der Waals surface area contributed by atoms with E-state index in [1.54, 1.807) is 16.2 Å². The van der Waals surface area contributed by atoms with Crippen molar-refractivity contribution in [3.8, 4) is 0 Å². The Bertz CT molecular complexity index is 531. The minimum absolute atomic E-state index is 0.0434. The van der Waals surface area contributed by atoms with E-state index in [1.165, 1.54) is 4.88 Å². The fourth-order valence-corrected chi connectivity index (χ4v) is 3.65. The largest absolute Gasteiger partial charge is 0.481 e. The molecule has 1 aromatic rings. The van der Waals surface area contributed by atoms with Crippen LogP contribution in [-0.2, 0) is 16.1 Å². The highest BCUT2D eigenvalue weighted by atomic mass is 32.1. The second kappa shape index (κ2) is 6.18. The van der Waals surface area contributed by atoms with Gasteiger partial charge in [-0.1, -0.05) is 6.42 Å². The third kappa shape index (κ3) is 3.46. The molecule has 1 N–H and O–H groups in total. The summed E-state index contributed by atoms with van der Waals surface area (Å²) in [4.78, 5) is 28.2. The highest BCUT2D eigenvalue weighted by Crippen LogP contribution is 2.44. The van der Waals surface area contributed by atoms with Crippen LogP contribution < -0.4 is 0 Å². The summed E-state index contributed by atoms with van der Waals surface area (Å²) in [5.41, 5.74) is -0.810. The fourth-order valence-electron chi connectivity index (χ4n) is 2.76. The normalized spacial score (nSPS) is 16.6. The minimum Gasteiger partial charge on any atom is -0.481 e. The van der Waals surface area contributed by atoms with E-state index in [2.05, 4.69) is 0 Å². The minimum atomic E-state index is -0.822. The van der Waals surface area contributed by atoms with E-state index in [1.807, 2.05) is 32.9 Å². The zero-order chi connectivity index (χ0) is 15.6. The Morgan fingerprint density at radius 1 is 1.38 bits per heavy atom. The Morgan fingerprint density at radius 3 is 2.43 bits per heavy atom. The van der Waals surface area contributed by atoms with Crippen molar-refractivity contribution in [3.63, 3.8) is 0 Å². The topological polar surface area (TPSA) is 57.6 Å². The summed E-state index contributed by atoms with van der Waals surface area (Å²) >= 11 is 1.68. The molecule has 1 amide bonds. The van der Waals surface area contributed by atoms with E-state index < -0.39 is 11.4 Å². The highest BCUT2D eigenvalue weighted by Gasteiger charge is 2.46. The van der Waals surface area contributed by atoms with Crippen LogP contribution in [0.25, 0.3) is 0 Å². The van der Waals surface area contributed by atoms with Crippen LogP contribution in [-0.4, -0.2) is 27.9 Å². The number of nitrogens with zero attached hydrogens (tertiary/aromatic N) is 1. The predicted molar refractivity (Wildman–Crippen MR) is 83.3 cm³/mol. The van der Waals surface area contributed by atoms with E-state index in [4.69, 9.17) is 0 Å². The molecule has 1 aliphatic carbocycles. The molecule has 5 heteroatoms. The summed E-state index contributed by atoms with van der Waals surface area (Å²) in [5.74, 6) is -0.865. The second-order valence-corrected chi connectivity index (χ2v) is 7.62. The Balaban J connectivity index is 2.07. The van der Waals surface area contributed by atoms with Crippen molar-refractivity contribution in [3.05, 3.63) is 21.9 Å². The first-order valence-electron chi connectivity index (χ1n) is 7.42. The van der Waals surface area contributed by atoms with Crippen LogP contribution in [0.4, 0.5) is 0 Å². The van der Waals surface area contributed by atoms with Crippen molar-refractivity contribution in [2.45, 2.75) is 59.0 Å². The lowest BCUT2D eigenvalue weighted by molar-refractivity contribution is -0.160. The van der Waals surface area contributed by atoms with Crippen molar-refractivity contribution in [2.75, 3.05) is 0 Å². The molecule has 116 valence electrons. The van der Waals surface area contributed by atoms with E-state index in [0.717, 1.165) is 11.3 Å². The average Bonchev–Trinajstić information content (AvgIpc) is 2.75. The van der Waals surface area contributed by atoms with Gasteiger partial charge in [0.25, 0.3) is 0 Å². The van der Waals surface area contributed by atoms with Crippen LogP contribution in [0.2, 0.25) is 0 Å². The molecule has 0 atom stereocenters. The van der Waals surface area contributed by atoms with Crippen LogP contribution >= 0.6 is 11.3 Å². The maximum atomic E-state index is 12.6. The lowest BCUT2D eigenvalue weighted by Crippen LogP contribution is -2.45. The number of rotatable bonds is 6. The molecule has 2 rings (SSSR count).